The second-order valence-electron chi connectivity index (χ2n) is 8.09. The van der Waals surface area contributed by atoms with Crippen LogP contribution in [0.5, 0.6) is 0 Å². The molecular weight excluding hydrogens is 397 g/mol. The van der Waals surface area contributed by atoms with Crippen molar-refractivity contribution in [3.05, 3.63) is 75.1 Å². The molecule has 0 saturated heterocycles. The van der Waals surface area contributed by atoms with Crippen LogP contribution in [0, 0.1) is 12.7 Å². The molecule has 0 saturated carbocycles. The minimum atomic E-state index is -0.800. The molecule has 3 rings (SSSR count). The first-order chi connectivity index (χ1) is 14.6. The predicted molar refractivity (Wildman–Crippen MR) is 119 cm³/mol. The van der Waals surface area contributed by atoms with Gasteiger partial charge in [0.15, 0.2) is 0 Å². The Kier molecular flexibility index (Phi) is 6.36. The number of para-hydroxylation sites is 1. The van der Waals surface area contributed by atoms with Crippen molar-refractivity contribution in [2.45, 2.75) is 46.5 Å². The molecule has 2 aromatic carbocycles. The van der Waals surface area contributed by atoms with Gasteiger partial charge >= 0.3 is 0 Å². The predicted octanol–water partition coefficient (Wildman–Crippen LogP) is 4.60. The van der Waals surface area contributed by atoms with E-state index < -0.39 is 11.7 Å². The van der Waals surface area contributed by atoms with Crippen LogP contribution in [-0.4, -0.2) is 20.7 Å². The van der Waals surface area contributed by atoms with E-state index in [4.69, 9.17) is 5.21 Å². The standard InChI is InChI=1S/C24H26FN3O3/c1-13(2)17-7-6-8-18(14(3)4)23(17)28-15(5)26-21-12-20(25)16(9-10-22(29)27-31)11-19(21)24(28)30/h6-14,31H,1-5H3,(H,27,29)/b10-9+. The fraction of sp³-hybridized carbons (Fsp3) is 0.292. The van der Waals surface area contributed by atoms with Crippen molar-refractivity contribution < 1.29 is 14.4 Å². The highest BCUT2D eigenvalue weighted by atomic mass is 19.1. The minimum Gasteiger partial charge on any atom is -0.288 e. The van der Waals surface area contributed by atoms with Gasteiger partial charge in [0, 0.05) is 17.7 Å². The maximum absolute atomic E-state index is 14.5. The normalized spacial score (nSPS) is 11.8. The molecule has 0 bridgehead atoms. The SMILES string of the molecule is Cc1nc2cc(F)c(/C=C/C(=O)NO)cc2c(=O)n1-c1c(C(C)C)cccc1C(C)C. The van der Waals surface area contributed by atoms with Crippen molar-refractivity contribution in [3.63, 3.8) is 0 Å². The van der Waals surface area contributed by atoms with Gasteiger partial charge < -0.3 is 0 Å². The molecule has 1 amide bonds. The summed E-state index contributed by atoms with van der Waals surface area (Å²) in [5, 5.41) is 8.86. The van der Waals surface area contributed by atoms with Crippen LogP contribution in [0.2, 0.25) is 0 Å². The van der Waals surface area contributed by atoms with Gasteiger partial charge in [-0.3, -0.25) is 19.4 Å². The van der Waals surface area contributed by atoms with Crippen LogP contribution in [0.25, 0.3) is 22.7 Å². The first kappa shape index (κ1) is 22.4. The number of aryl methyl sites for hydroxylation is 1. The van der Waals surface area contributed by atoms with Crippen molar-refractivity contribution in [1.29, 1.82) is 0 Å². The number of benzene rings is 2. The maximum atomic E-state index is 14.5. The smallest absolute Gasteiger partial charge is 0.267 e. The second-order valence-corrected chi connectivity index (χ2v) is 8.09. The van der Waals surface area contributed by atoms with E-state index in [1.165, 1.54) is 23.7 Å². The molecule has 0 spiro atoms. The molecular formula is C24H26FN3O3. The fourth-order valence-electron chi connectivity index (χ4n) is 3.70. The van der Waals surface area contributed by atoms with Crippen LogP contribution in [0.1, 0.15) is 62.0 Å². The van der Waals surface area contributed by atoms with Gasteiger partial charge in [0.05, 0.1) is 16.6 Å². The van der Waals surface area contributed by atoms with E-state index in [0.29, 0.717) is 5.82 Å². The number of amides is 1. The topological polar surface area (TPSA) is 84.2 Å². The van der Waals surface area contributed by atoms with Gasteiger partial charge in [-0.1, -0.05) is 45.9 Å². The molecule has 31 heavy (non-hydrogen) atoms. The maximum Gasteiger partial charge on any atom is 0.267 e. The summed E-state index contributed by atoms with van der Waals surface area (Å²) in [7, 11) is 0. The zero-order valence-corrected chi connectivity index (χ0v) is 18.2. The quantitative estimate of drug-likeness (QED) is 0.357. The zero-order valence-electron chi connectivity index (χ0n) is 18.2. The molecule has 6 nitrogen and oxygen atoms in total. The molecule has 0 radical (unpaired) electrons. The molecule has 0 aliphatic carbocycles. The Balaban J connectivity index is 2.36. The van der Waals surface area contributed by atoms with Crippen molar-refractivity contribution in [2.75, 3.05) is 0 Å². The third kappa shape index (κ3) is 4.27. The number of carbonyl (C=O) groups is 1. The largest absolute Gasteiger partial charge is 0.288 e. The van der Waals surface area contributed by atoms with E-state index in [1.807, 2.05) is 18.2 Å². The molecule has 0 fully saturated rings. The lowest BCUT2D eigenvalue weighted by Crippen LogP contribution is -2.25. The van der Waals surface area contributed by atoms with E-state index in [0.717, 1.165) is 22.9 Å². The van der Waals surface area contributed by atoms with Gasteiger partial charge in [-0.05, 0) is 42.0 Å². The molecule has 0 atom stereocenters. The van der Waals surface area contributed by atoms with E-state index in [2.05, 4.69) is 32.7 Å². The number of hydrogen-bond donors (Lipinski definition) is 2. The van der Waals surface area contributed by atoms with Gasteiger partial charge in [0.1, 0.15) is 11.6 Å². The Labute approximate surface area is 180 Å². The molecule has 7 heteroatoms. The molecule has 1 heterocycles. The Morgan fingerprint density at radius 1 is 1.16 bits per heavy atom. The van der Waals surface area contributed by atoms with Crippen LogP contribution >= 0.6 is 0 Å². The Hall–Kier alpha value is -3.32. The van der Waals surface area contributed by atoms with Crippen LogP contribution in [0.15, 0.2) is 41.2 Å². The number of aromatic nitrogens is 2. The Morgan fingerprint density at radius 2 is 1.77 bits per heavy atom. The highest BCUT2D eigenvalue weighted by molar-refractivity contribution is 5.91. The first-order valence-corrected chi connectivity index (χ1v) is 10.1. The van der Waals surface area contributed by atoms with Crippen molar-refractivity contribution in [1.82, 2.24) is 15.0 Å². The van der Waals surface area contributed by atoms with Gasteiger partial charge in [0.2, 0.25) is 0 Å². The minimum absolute atomic E-state index is 0.0478. The third-order valence-electron chi connectivity index (χ3n) is 5.24. The van der Waals surface area contributed by atoms with Gasteiger partial charge in [-0.15, -0.1) is 0 Å². The molecule has 2 N–H and O–H groups in total. The monoisotopic (exact) mass is 423 g/mol. The lowest BCUT2D eigenvalue weighted by Gasteiger charge is -2.22. The van der Waals surface area contributed by atoms with Crippen molar-refractivity contribution in [2.24, 2.45) is 0 Å². The van der Waals surface area contributed by atoms with E-state index >= 15 is 0 Å². The molecule has 3 aromatic rings. The zero-order chi connectivity index (χ0) is 22.9. The van der Waals surface area contributed by atoms with E-state index in [9.17, 15) is 14.0 Å². The number of hydroxylamine groups is 1. The number of fused-ring (bicyclic) bond motifs is 1. The summed E-state index contributed by atoms with van der Waals surface area (Å²) in [6, 6.07) is 8.57. The highest BCUT2D eigenvalue weighted by Gasteiger charge is 2.20. The van der Waals surface area contributed by atoms with Gasteiger partial charge in [-0.25, -0.2) is 14.9 Å². The highest BCUT2D eigenvalue weighted by Crippen LogP contribution is 2.31. The average Bonchev–Trinajstić information content (AvgIpc) is 2.72. The summed E-state index contributed by atoms with van der Waals surface area (Å²) in [5.74, 6) is -0.593. The first-order valence-electron chi connectivity index (χ1n) is 10.1. The van der Waals surface area contributed by atoms with Gasteiger partial charge in [-0.2, -0.15) is 0 Å². The summed E-state index contributed by atoms with van der Waals surface area (Å²) in [6.07, 6.45) is 2.18. The summed E-state index contributed by atoms with van der Waals surface area (Å²) >= 11 is 0. The summed E-state index contributed by atoms with van der Waals surface area (Å²) in [4.78, 5) is 29.4. The van der Waals surface area contributed by atoms with Crippen LogP contribution < -0.4 is 11.0 Å². The Morgan fingerprint density at radius 3 is 2.32 bits per heavy atom. The van der Waals surface area contributed by atoms with Crippen molar-refractivity contribution in [3.8, 4) is 5.69 Å². The average molecular weight is 423 g/mol. The lowest BCUT2D eigenvalue weighted by molar-refractivity contribution is -0.124. The molecule has 0 aliphatic rings. The van der Waals surface area contributed by atoms with Crippen LogP contribution in [0.4, 0.5) is 4.39 Å². The fourth-order valence-corrected chi connectivity index (χ4v) is 3.70. The number of nitrogens with one attached hydrogen (secondary N) is 1. The van der Waals surface area contributed by atoms with Crippen LogP contribution in [-0.2, 0) is 4.79 Å². The molecule has 162 valence electrons. The van der Waals surface area contributed by atoms with E-state index in [-0.39, 0.29) is 33.9 Å². The molecule has 0 aliphatic heterocycles. The second kappa shape index (κ2) is 8.81. The summed E-state index contributed by atoms with van der Waals surface area (Å²) < 4.78 is 16.1. The number of carbonyl (C=O) groups excluding carboxylic acids is 1. The summed E-state index contributed by atoms with van der Waals surface area (Å²) in [6.45, 7) is 10.0. The molecule has 1 aromatic heterocycles. The summed E-state index contributed by atoms with van der Waals surface area (Å²) in [5.41, 5.74) is 4.30. The lowest BCUT2D eigenvalue weighted by atomic mass is 9.92. The van der Waals surface area contributed by atoms with E-state index in [1.54, 1.807) is 11.5 Å². The van der Waals surface area contributed by atoms with Crippen molar-refractivity contribution >= 4 is 22.9 Å². The Bertz CT molecular complexity index is 1220. The number of nitrogens with zero attached hydrogens (tertiary/aromatic N) is 2. The molecule has 0 unspecified atom stereocenters. The third-order valence-corrected chi connectivity index (χ3v) is 5.24. The number of halogens is 1. The number of hydrogen-bond acceptors (Lipinski definition) is 4. The van der Waals surface area contributed by atoms with Gasteiger partial charge in [0.25, 0.3) is 11.5 Å². The number of rotatable bonds is 5. The van der Waals surface area contributed by atoms with Crippen LogP contribution in [0.3, 0.4) is 0 Å².